The quantitative estimate of drug-likeness (QED) is 0.763. The third kappa shape index (κ3) is 2.06. The van der Waals surface area contributed by atoms with Crippen molar-refractivity contribution in [1.82, 2.24) is 0 Å². The fourth-order valence-electron chi connectivity index (χ4n) is 0.911. The summed E-state index contributed by atoms with van der Waals surface area (Å²) in [7, 11) is 0. The molecule has 0 saturated carbocycles. The minimum Gasteiger partial charge on any atom is -0.381 e. The first-order valence-electron chi connectivity index (χ1n) is 3.55. The zero-order valence-electron chi connectivity index (χ0n) is 6.62. The SMILES string of the molecule is CC(=O)[C@H](O)c1cccc(Cl)c1. The van der Waals surface area contributed by atoms with Gasteiger partial charge in [-0.2, -0.15) is 0 Å². The zero-order chi connectivity index (χ0) is 9.14. The van der Waals surface area contributed by atoms with Gasteiger partial charge in [0.2, 0.25) is 0 Å². The van der Waals surface area contributed by atoms with Gasteiger partial charge in [-0.1, -0.05) is 23.7 Å². The van der Waals surface area contributed by atoms with Gasteiger partial charge in [0.15, 0.2) is 5.78 Å². The van der Waals surface area contributed by atoms with E-state index in [1.807, 2.05) is 0 Å². The number of halogens is 1. The van der Waals surface area contributed by atoms with E-state index in [0.717, 1.165) is 0 Å². The second kappa shape index (κ2) is 3.70. The summed E-state index contributed by atoms with van der Waals surface area (Å²) in [4.78, 5) is 10.8. The second-order valence-electron chi connectivity index (χ2n) is 2.57. The number of carbonyl (C=O) groups excluding carboxylic acids is 1. The molecule has 0 amide bonds. The summed E-state index contributed by atoms with van der Waals surface area (Å²) in [5, 5.41) is 9.84. The van der Waals surface area contributed by atoms with E-state index < -0.39 is 6.10 Å². The van der Waals surface area contributed by atoms with Crippen LogP contribution in [-0.2, 0) is 4.79 Å². The molecule has 0 spiro atoms. The lowest BCUT2D eigenvalue weighted by Crippen LogP contribution is -2.06. The Kier molecular flexibility index (Phi) is 2.84. The number of carbonyl (C=O) groups is 1. The molecule has 1 aromatic carbocycles. The highest BCUT2D eigenvalue weighted by Crippen LogP contribution is 2.17. The summed E-state index contributed by atoms with van der Waals surface area (Å²) in [6, 6.07) is 6.63. The Morgan fingerprint density at radius 1 is 1.58 bits per heavy atom. The van der Waals surface area contributed by atoms with Gasteiger partial charge < -0.3 is 5.11 Å². The summed E-state index contributed by atoms with van der Waals surface area (Å²) in [6.07, 6.45) is -1.05. The van der Waals surface area contributed by atoms with E-state index in [4.69, 9.17) is 11.6 Å². The average molecular weight is 185 g/mol. The number of aliphatic hydroxyl groups is 1. The molecule has 0 unspecified atom stereocenters. The summed E-state index contributed by atoms with van der Waals surface area (Å²) in [6.45, 7) is 1.34. The number of hydrogen-bond donors (Lipinski definition) is 1. The average Bonchev–Trinajstić information content (AvgIpc) is 2.03. The van der Waals surface area contributed by atoms with Gasteiger partial charge >= 0.3 is 0 Å². The predicted octanol–water partition coefficient (Wildman–Crippen LogP) is 1.96. The second-order valence-corrected chi connectivity index (χ2v) is 3.00. The first-order valence-corrected chi connectivity index (χ1v) is 3.93. The number of rotatable bonds is 2. The molecule has 1 rings (SSSR count). The van der Waals surface area contributed by atoms with E-state index in [0.29, 0.717) is 10.6 Å². The van der Waals surface area contributed by atoms with Crippen molar-refractivity contribution < 1.29 is 9.90 Å². The van der Waals surface area contributed by atoms with Crippen molar-refractivity contribution in [3.05, 3.63) is 34.9 Å². The molecule has 0 fully saturated rings. The molecule has 1 aromatic rings. The number of ketones is 1. The van der Waals surface area contributed by atoms with E-state index in [1.165, 1.54) is 6.92 Å². The van der Waals surface area contributed by atoms with E-state index >= 15 is 0 Å². The molecule has 1 atom stereocenters. The van der Waals surface area contributed by atoms with Crippen molar-refractivity contribution in [3.8, 4) is 0 Å². The molecule has 64 valence electrons. The topological polar surface area (TPSA) is 37.3 Å². The lowest BCUT2D eigenvalue weighted by Gasteiger charge is -2.06. The molecule has 0 aliphatic heterocycles. The minimum atomic E-state index is -1.05. The van der Waals surface area contributed by atoms with Crippen molar-refractivity contribution in [1.29, 1.82) is 0 Å². The van der Waals surface area contributed by atoms with Crippen LogP contribution >= 0.6 is 11.6 Å². The highest BCUT2D eigenvalue weighted by Gasteiger charge is 2.11. The third-order valence-electron chi connectivity index (χ3n) is 1.55. The van der Waals surface area contributed by atoms with Crippen LogP contribution in [0.1, 0.15) is 18.6 Å². The van der Waals surface area contributed by atoms with E-state index in [1.54, 1.807) is 24.3 Å². The van der Waals surface area contributed by atoms with Crippen LogP contribution < -0.4 is 0 Å². The summed E-state index contributed by atoms with van der Waals surface area (Å²) in [5.41, 5.74) is 0.537. The molecule has 12 heavy (non-hydrogen) atoms. The maximum Gasteiger partial charge on any atom is 0.162 e. The Hall–Kier alpha value is -0.860. The number of aliphatic hydroxyl groups excluding tert-OH is 1. The van der Waals surface area contributed by atoms with Crippen LogP contribution in [0.25, 0.3) is 0 Å². The summed E-state index contributed by atoms with van der Waals surface area (Å²) in [5.74, 6) is -0.280. The molecular formula is C9H9ClO2. The predicted molar refractivity (Wildman–Crippen MR) is 47.1 cm³/mol. The van der Waals surface area contributed by atoms with Gasteiger partial charge in [-0.3, -0.25) is 4.79 Å². The van der Waals surface area contributed by atoms with Crippen LogP contribution in [0, 0.1) is 0 Å². The molecule has 0 radical (unpaired) electrons. The Morgan fingerprint density at radius 2 is 2.25 bits per heavy atom. The normalized spacial score (nSPS) is 12.6. The van der Waals surface area contributed by atoms with Crippen molar-refractivity contribution >= 4 is 17.4 Å². The van der Waals surface area contributed by atoms with Crippen molar-refractivity contribution in [3.63, 3.8) is 0 Å². The number of benzene rings is 1. The fraction of sp³-hybridized carbons (Fsp3) is 0.222. The lowest BCUT2D eigenvalue weighted by molar-refractivity contribution is -0.125. The van der Waals surface area contributed by atoms with Crippen LogP contribution in [0.15, 0.2) is 24.3 Å². The van der Waals surface area contributed by atoms with E-state index in [2.05, 4.69) is 0 Å². The molecule has 3 heteroatoms. The maximum atomic E-state index is 10.8. The smallest absolute Gasteiger partial charge is 0.162 e. The van der Waals surface area contributed by atoms with Gasteiger partial charge in [0, 0.05) is 5.02 Å². The van der Waals surface area contributed by atoms with Crippen LogP contribution in [0.5, 0.6) is 0 Å². The highest BCUT2D eigenvalue weighted by atomic mass is 35.5. The minimum absolute atomic E-state index is 0.280. The molecule has 0 saturated heterocycles. The van der Waals surface area contributed by atoms with Gasteiger partial charge in [-0.05, 0) is 24.6 Å². The third-order valence-corrected chi connectivity index (χ3v) is 1.78. The Bertz CT molecular complexity index is 296. The molecule has 2 nitrogen and oxygen atoms in total. The van der Waals surface area contributed by atoms with Crippen molar-refractivity contribution in [2.75, 3.05) is 0 Å². The van der Waals surface area contributed by atoms with Gasteiger partial charge in [-0.15, -0.1) is 0 Å². The Labute approximate surface area is 75.8 Å². The molecule has 0 aliphatic rings. The van der Waals surface area contributed by atoms with Gasteiger partial charge in [0.1, 0.15) is 6.10 Å². The largest absolute Gasteiger partial charge is 0.381 e. The van der Waals surface area contributed by atoms with Crippen LogP contribution in [0.4, 0.5) is 0 Å². The molecule has 0 aromatic heterocycles. The first-order chi connectivity index (χ1) is 5.61. The lowest BCUT2D eigenvalue weighted by atomic mass is 10.1. The standard InChI is InChI=1S/C9H9ClO2/c1-6(11)9(12)7-3-2-4-8(10)5-7/h2-5,9,12H,1H3/t9-/m0/s1. The molecule has 1 N–H and O–H groups in total. The molecular weight excluding hydrogens is 176 g/mol. The molecule has 0 bridgehead atoms. The van der Waals surface area contributed by atoms with Crippen LogP contribution in [-0.4, -0.2) is 10.9 Å². The van der Waals surface area contributed by atoms with Crippen LogP contribution in [0.3, 0.4) is 0 Å². The van der Waals surface area contributed by atoms with E-state index in [-0.39, 0.29) is 5.78 Å². The number of Topliss-reactive ketones (excluding diaryl/α,β-unsaturated/α-hetero) is 1. The van der Waals surface area contributed by atoms with Gasteiger partial charge in [0.25, 0.3) is 0 Å². The monoisotopic (exact) mass is 184 g/mol. The molecule has 0 aliphatic carbocycles. The van der Waals surface area contributed by atoms with Crippen molar-refractivity contribution in [2.24, 2.45) is 0 Å². The highest BCUT2D eigenvalue weighted by molar-refractivity contribution is 6.30. The summed E-state index contributed by atoms with van der Waals surface area (Å²) < 4.78 is 0. The fourth-order valence-corrected chi connectivity index (χ4v) is 1.11. The maximum absolute atomic E-state index is 10.8. The van der Waals surface area contributed by atoms with Gasteiger partial charge in [-0.25, -0.2) is 0 Å². The Balaban J connectivity index is 2.95. The van der Waals surface area contributed by atoms with Crippen molar-refractivity contribution in [2.45, 2.75) is 13.0 Å². The number of hydrogen-bond acceptors (Lipinski definition) is 2. The molecule has 0 heterocycles. The Morgan fingerprint density at radius 3 is 2.75 bits per heavy atom. The van der Waals surface area contributed by atoms with Gasteiger partial charge in [0.05, 0.1) is 0 Å². The summed E-state index contributed by atoms with van der Waals surface area (Å²) >= 11 is 5.67. The first kappa shape index (κ1) is 9.23. The zero-order valence-corrected chi connectivity index (χ0v) is 7.38. The van der Waals surface area contributed by atoms with Crippen LogP contribution in [0.2, 0.25) is 5.02 Å². The van der Waals surface area contributed by atoms with E-state index in [9.17, 15) is 9.90 Å².